The third-order valence-electron chi connectivity index (χ3n) is 9.99. The summed E-state index contributed by atoms with van der Waals surface area (Å²) in [6, 6.07) is 5.33. The third-order valence-corrected chi connectivity index (χ3v) is 11.7. The highest BCUT2D eigenvalue weighted by Crippen LogP contribution is 2.49. The molecule has 13 heteroatoms. The van der Waals surface area contributed by atoms with Gasteiger partial charge >= 0.3 is 0 Å². The lowest BCUT2D eigenvalue weighted by molar-refractivity contribution is -0.0417. The van der Waals surface area contributed by atoms with Gasteiger partial charge in [-0.1, -0.05) is 0 Å². The molecule has 1 N–H and O–H groups in total. The standard InChI is InChI=1S/C29H34N8O4S/c30-10-19-11-33-36-17-24(41-4-3-34-14-20-9-29(20,38)18-34)8-25(28(19)36)26-12-32-27(13-31-26)35-15-22-7-23(16-35)37(22)21-1-5-42(39,40)6-2-21/h8,11-13,17,20-23,38H,1-7,9,14-16,18H2. The number of pyridine rings is 1. The summed E-state index contributed by atoms with van der Waals surface area (Å²) < 4.78 is 31.5. The molecule has 8 heterocycles. The first-order chi connectivity index (χ1) is 20.3. The Morgan fingerprint density at radius 1 is 1.10 bits per heavy atom. The summed E-state index contributed by atoms with van der Waals surface area (Å²) in [5.41, 5.74) is 2.02. The maximum Gasteiger partial charge on any atom is 0.150 e. The minimum absolute atomic E-state index is 0.303. The molecule has 0 amide bonds. The lowest BCUT2D eigenvalue weighted by Crippen LogP contribution is -2.71. The highest BCUT2D eigenvalue weighted by atomic mass is 32.2. The number of rotatable bonds is 7. The summed E-state index contributed by atoms with van der Waals surface area (Å²) in [7, 11) is -2.86. The van der Waals surface area contributed by atoms with Gasteiger partial charge in [-0.2, -0.15) is 10.4 Å². The Balaban J connectivity index is 0.969. The zero-order chi connectivity index (χ0) is 28.6. The Labute approximate surface area is 244 Å². The van der Waals surface area contributed by atoms with E-state index in [1.54, 1.807) is 29.3 Å². The minimum atomic E-state index is -2.86. The number of piperidine rings is 2. The van der Waals surface area contributed by atoms with Gasteiger partial charge in [0.15, 0.2) is 0 Å². The summed E-state index contributed by atoms with van der Waals surface area (Å²) in [5.74, 6) is 2.46. The van der Waals surface area contributed by atoms with Gasteiger partial charge in [0.05, 0.1) is 58.7 Å². The predicted molar refractivity (Wildman–Crippen MR) is 154 cm³/mol. The summed E-state index contributed by atoms with van der Waals surface area (Å²) in [6.45, 7) is 4.56. The molecule has 1 aliphatic carbocycles. The van der Waals surface area contributed by atoms with Crippen LogP contribution in [0.15, 0.2) is 30.9 Å². The minimum Gasteiger partial charge on any atom is -0.491 e. The Morgan fingerprint density at radius 3 is 2.60 bits per heavy atom. The molecule has 5 saturated heterocycles. The van der Waals surface area contributed by atoms with Gasteiger partial charge in [0, 0.05) is 62.3 Å². The molecule has 0 aromatic carbocycles. The van der Waals surface area contributed by atoms with Crippen molar-refractivity contribution in [2.45, 2.75) is 49.4 Å². The maximum absolute atomic E-state index is 11.9. The van der Waals surface area contributed by atoms with E-state index >= 15 is 0 Å². The highest BCUT2D eigenvalue weighted by molar-refractivity contribution is 7.91. The largest absolute Gasteiger partial charge is 0.491 e. The summed E-state index contributed by atoms with van der Waals surface area (Å²) in [4.78, 5) is 16.6. The first-order valence-electron chi connectivity index (χ1n) is 14.8. The number of likely N-dealkylation sites (tertiary alicyclic amines) is 1. The molecule has 4 unspecified atom stereocenters. The predicted octanol–water partition coefficient (Wildman–Crippen LogP) is 0.948. The molecule has 6 fully saturated rings. The quantitative estimate of drug-likeness (QED) is 0.421. The molecule has 3 aromatic heterocycles. The van der Waals surface area contributed by atoms with Crippen LogP contribution in [0.5, 0.6) is 5.75 Å². The molecule has 0 spiro atoms. The van der Waals surface area contributed by atoms with E-state index in [9.17, 15) is 18.8 Å². The number of aliphatic hydroxyl groups is 1. The molecule has 12 nitrogen and oxygen atoms in total. The Bertz CT molecular complexity index is 1660. The average molecular weight is 591 g/mol. The van der Waals surface area contributed by atoms with Gasteiger partial charge in [0.2, 0.25) is 0 Å². The lowest BCUT2D eigenvalue weighted by atomic mass is 9.84. The van der Waals surface area contributed by atoms with Crippen LogP contribution in [0.2, 0.25) is 0 Å². The van der Waals surface area contributed by atoms with E-state index < -0.39 is 15.4 Å². The van der Waals surface area contributed by atoms with Crippen molar-refractivity contribution in [3.05, 3.63) is 36.4 Å². The maximum atomic E-state index is 11.9. The van der Waals surface area contributed by atoms with Crippen LogP contribution in [0.25, 0.3) is 16.8 Å². The molecule has 1 saturated carbocycles. The second-order valence-corrected chi connectivity index (χ2v) is 15.0. The monoisotopic (exact) mass is 590 g/mol. The smallest absolute Gasteiger partial charge is 0.150 e. The molecule has 4 atom stereocenters. The van der Waals surface area contributed by atoms with Crippen LogP contribution in [0.4, 0.5) is 5.82 Å². The van der Waals surface area contributed by atoms with Gasteiger partial charge in [-0.15, -0.1) is 0 Å². The van der Waals surface area contributed by atoms with E-state index in [1.165, 1.54) is 0 Å². The molecular weight excluding hydrogens is 556 g/mol. The fourth-order valence-electron chi connectivity index (χ4n) is 7.70. The van der Waals surface area contributed by atoms with Gasteiger partial charge in [-0.05, 0) is 31.7 Å². The Morgan fingerprint density at radius 2 is 1.90 bits per heavy atom. The van der Waals surface area contributed by atoms with E-state index in [0.29, 0.717) is 71.2 Å². The van der Waals surface area contributed by atoms with Crippen LogP contribution in [-0.2, 0) is 9.84 Å². The SMILES string of the molecule is N#Cc1cnn2cc(OCCN3CC4CC4(O)C3)cc(-c3cnc(N4CC5CC(C4)N5C4CCS(=O)(=O)CC4)cn3)c12. The van der Waals surface area contributed by atoms with E-state index in [4.69, 9.17) is 14.7 Å². The summed E-state index contributed by atoms with van der Waals surface area (Å²) in [5, 5.41) is 24.4. The zero-order valence-corrected chi connectivity index (χ0v) is 24.2. The van der Waals surface area contributed by atoms with Crippen LogP contribution in [0, 0.1) is 17.2 Å². The van der Waals surface area contributed by atoms with E-state index in [-0.39, 0.29) is 0 Å². The van der Waals surface area contributed by atoms with Gasteiger partial charge < -0.3 is 14.7 Å². The molecule has 9 rings (SSSR count). The van der Waals surface area contributed by atoms with Gasteiger partial charge in [-0.3, -0.25) is 14.8 Å². The van der Waals surface area contributed by atoms with Crippen molar-refractivity contribution in [2.75, 3.05) is 55.7 Å². The van der Waals surface area contributed by atoms with Crippen LogP contribution >= 0.6 is 0 Å². The van der Waals surface area contributed by atoms with Crippen molar-refractivity contribution in [1.29, 1.82) is 5.26 Å². The molecule has 3 aromatic rings. The van der Waals surface area contributed by atoms with Crippen molar-refractivity contribution in [1.82, 2.24) is 29.4 Å². The first kappa shape index (κ1) is 26.3. The molecule has 220 valence electrons. The number of β-amino-alcohol motifs (C(OH)–C–C–N with tert-alkyl or cyclic N) is 1. The van der Waals surface area contributed by atoms with Gasteiger partial charge in [-0.25, -0.2) is 17.9 Å². The number of ether oxygens (including phenoxy) is 1. The summed E-state index contributed by atoms with van der Waals surface area (Å²) in [6.07, 6.45) is 10.4. The van der Waals surface area contributed by atoms with Crippen LogP contribution in [0.1, 0.15) is 31.2 Å². The van der Waals surface area contributed by atoms with Crippen LogP contribution in [0.3, 0.4) is 0 Å². The second kappa shape index (κ2) is 9.60. The number of anilines is 1. The number of nitriles is 1. The van der Waals surface area contributed by atoms with E-state index in [1.807, 2.05) is 6.07 Å². The van der Waals surface area contributed by atoms with Crippen molar-refractivity contribution in [2.24, 2.45) is 5.92 Å². The molecule has 5 aliphatic heterocycles. The van der Waals surface area contributed by atoms with Crippen LogP contribution in [-0.4, -0.2) is 117 Å². The number of sulfone groups is 1. The van der Waals surface area contributed by atoms with Gasteiger partial charge in [0.25, 0.3) is 0 Å². The normalized spacial score (nSPS) is 30.6. The fraction of sp³-hybridized carbons (Fsp3) is 0.586. The number of piperazine rings is 1. The zero-order valence-electron chi connectivity index (χ0n) is 23.3. The van der Waals surface area contributed by atoms with Crippen molar-refractivity contribution in [3.63, 3.8) is 0 Å². The van der Waals surface area contributed by atoms with Crippen LogP contribution < -0.4 is 9.64 Å². The fourth-order valence-corrected chi connectivity index (χ4v) is 9.16. The number of nitrogens with zero attached hydrogens (tertiary/aromatic N) is 8. The Kier molecular flexibility index (Phi) is 6.02. The highest BCUT2D eigenvalue weighted by Gasteiger charge is 2.58. The van der Waals surface area contributed by atoms with E-state index in [2.05, 4.69) is 25.9 Å². The first-order valence-corrected chi connectivity index (χ1v) is 16.6. The molecular formula is C29H34N8O4S. The molecule has 0 radical (unpaired) electrons. The summed E-state index contributed by atoms with van der Waals surface area (Å²) >= 11 is 0. The van der Waals surface area contributed by atoms with Crippen molar-refractivity contribution < 1.29 is 18.3 Å². The Hall–Kier alpha value is -3.31. The number of aromatic nitrogens is 4. The topological polar surface area (TPSA) is 140 Å². The second-order valence-electron chi connectivity index (χ2n) is 12.7. The van der Waals surface area contributed by atoms with Crippen molar-refractivity contribution in [3.8, 4) is 23.1 Å². The third kappa shape index (κ3) is 4.52. The number of hydrogen-bond acceptors (Lipinski definition) is 11. The van der Waals surface area contributed by atoms with Gasteiger partial charge in [0.1, 0.15) is 34.1 Å². The van der Waals surface area contributed by atoms with Crippen molar-refractivity contribution >= 4 is 21.2 Å². The number of fused-ring (bicyclic) bond motifs is 4. The average Bonchev–Trinajstić information content (AvgIpc) is 3.27. The lowest BCUT2D eigenvalue weighted by Gasteiger charge is -2.60. The molecule has 2 bridgehead atoms. The van der Waals surface area contributed by atoms with E-state index in [0.717, 1.165) is 63.2 Å². The number of hydrogen-bond donors (Lipinski definition) is 1. The molecule has 42 heavy (non-hydrogen) atoms. The molecule has 6 aliphatic rings.